The lowest BCUT2D eigenvalue weighted by Crippen LogP contribution is -2.45. The van der Waals surface area contributed by atoms with Crippen LogP contribution < -0.4 is 0 Å². The molecule has 0 aromatic carbocycles. The van der Waals surface area contributed by atoms with Gasteiger partial charge in [-0.05, 0) is 32.2 Å². The third-order valence-electron chi connectivity index (χ3n) is 4.15. The summed E-state index contributed by atoms with van der Waals surface area (Å²) in [6.07, 6.45) is 9.58. The van der Waals surface area contributed by atoms with E-state index in [2.05, 4.69) is 14.9 Å². The number of methoxy groups -OCH3 is 1. The molecule has 5 nitrogen and oxygen atoms in total. The lowest BCUT2D eigenvalue weighted by atomic mass is 9.77. The molecule has 2 rings (SSSR count). The fourth-order valence-electron chi connectivity index (χ4n) is 3.12. The standard InChI is InChI=1S/C15H25N3O2/c1-20-7-3-5-15(12-19)4-2-6-18(11-15)10-14-8-16-13-17-9-14/h8-9,13,19H,2-7,10-12H2,1H3/t15-/m0/s1. The second-order valence-electron chi connectivity index (χ2n) is 5.82. The summed E-state index contributed by atoms with van der Waals surface area (Å²) in [5.74, 6) is 0. The van der Waals surface area contributed by atoms with Gasteiger partial charge in [-0.1, -0.05) is 0 Å². The second kappa shape index (κ2) is 7.67. The van der Waals surface area contributed by atoms with Crippen molar-refractivity contribution >= 4 is 0 Å². The summed E-state index contributed by atoms with van der Waals surface area (Å²) in [5.41, 5.74) is 1.17. The third-order valence-corrected chi connectivity index (χ3v) is 4.15. The molecule has 0 saturated carbocycles. The summed E-state index contributed by atoms with van der Waals surface area (Å²) in [6, 6.07) is 0. The van der Waals surface area contributed by atoms with E-state index in [9.17, 15) is 5.11 Å². The summed E-state index contributed by atoms with van der Waals surface area (Å²) < 4.78 is 5.13. The number of piperidine rings is 1. The largest absolute Gasteiger partial charge is 0.396 e. The van der Waals surface area contributed by atoms with E-state index in [1.807, 2.05) is 12.4 Å². The van der Waals surface area contributed by atoms with E-state index >= 15 is 0 Å². The Morgan fingerprint density at radius 2 is 2.20 bits per heavy atom. The first kappa shape index (κ1) is 15.4. The molecule has 1 aromatic rings. The second-order valence-corrected chi connectivity index (χ2v) is 5.82. The summed E-state index contributed by atoms with van der Waals surface area (Å²) in [5, 5.41) is 9.83. The van der Waals surface area contributed by atoms with Crippen LogP contribution in [0.4, 0.5) is 0 Å². The van der Waals surface area contributed by atoms with Gasteiger partial charge >= 0.3 is 0 Å². The van der Waals surface area contributed by atoms with Gasteiger partial charge in [-0.3, -0.25) is 4.90 Å². The number of ether oxygens (including phenoxy) is 1. The van der Waals surface area contributed by atoms with Crippen LogP contribution in [0.2, 0.25) is 0 Å². The number of nitrogens with zero attached hydrogens (tertiary/aromatic N) is 3. The van der Waals surface area contributed by atoms with Gasteiger partial charge in [-0.2, -0.15) is 0 Å². The topological polar surface area (TPSA) is 58.5 Å². The van der Waals surface area contributed by atoms with E-state index in [4.69, 9.17) is 4.74 Å². The predicted molar refractivity (Wildman–Crippen MR) is 77.2 cm³/mol. The molecule has 1 aliphatic rings. The zero-order valence-electron chi connectivity index (χ0n) is 12.3. The van der Waals surface area contributed by atoms with Crippen molar-refractivity contribution in [3.05, 3.63) is 24.3 Å². The quantitative estimate of drug-likeness (QED) is 0.766. The van der Waals surface area contributed by atoms with Crippen molar-refractivity contribution in [3.8, 4) is 0 Å². The first-order valence-electron chi connectivity index (χ1n) is 7.34. The smallest absolute Gasteiger partial charge is 0.115 e. The predicted octanol–water partition coefficient (Wildman–Crippen LogP) is 1.48. The number of hydrogen-bond donors (Lipinski definition) is 1. The highest BCUT2D eigenvalue weighted by Gasteiger charge is 2.34. The van der Waals surface area contributed by atoms with Crippen LogP contribution in [0, 0.1) is 5.41 Å². The lowest BCUT2D eigenvalue weighted by Gasteiger charge is -2.42. The van der Waals surface area contributed by atoms with Crippen LogP contribution in [-0.2, 0) is 11.3 Å². The van der Waals surface area contributed by atoms with Gasteiger partial charge in [0.1, 0.15) is 6.33 Å². The highest BCUT2D eigenvalue weighted by Crippen LogP contribution is 2.34. The summed E-state index contributed by atoms with van der Waals surface area (Å²) in [6.45, 7) is 3.93. The van der Waals surface area contributed by atoms with Crippen molar-refractivity contribution in [3.63, 3.8) is 0 Å². The first-order valence-corrected chi connectivity index (χ1v) is 7.34. The average molecular weight is 279 g/mol. The fourth-order valence-corrected chi connectivity index (χ4v) is 3.12. The molecule has 0 spiro atoms. The van der Waals surface area contributed by atoms with Gasteiger partial charge in [-0.15, -0.1) is 0 Å². The number of rotatable bonds is 7. The Labute approximate surface area is 121 Å². The van der Waals surface area contributed by atoms with Crippen LogP contribution in [0.1, 0.15) is 31.2 Å². The average Bonchev–Trinajstić information content (AvgIpc) is 2.49. The Morgan fingerprint density at radius 3 is 2.90 bits per heavy atom. The molecule has 1 aromatic heterocycles. The van der Waals surface area contributed by atoms with E-state index in [1.165, 1.54) is 0 Å². The van der Waals surface area contributed by atoms with Crippen molar-refractivity contribution < 1.29 is 9.84 Å². The molecule has 1 saturated heterocycles. The Kier molecular flexibility index (Phi) is 5.88. The SMILES string of the molecule is COCCC[C@@]1(CO)CCCN(Cc2cncnc2)C1. The van der Waals surface area contributed by atoms with E-state index < -0.39 is 0 Å². The molecule has 1 atom stereocenters. The van der Waals surface area contributed by atoms with Crippen molar-refractivity contribution in [1.82, 2.24) is 14.9 Å². The van der Waals surface area contributed by atoms with E-state index in [-0.39, 0.29) is 12.0 Å². The maximum Gasteiger partial charge on any atom is 0.115 e. The van der Waals surface area contributed by atoms with Gasteiger partial charge < -0.3 is 9.84 Å². The molecule has 0 amide bonds. The van der Waals surface area contributed by atoms with Crippen molar-refractivity contribution in [1.29, 1.82) is 0 Å². The Balaban J connectivity index is 1.92. The highest BCUT2D eigenvalue weighted by molar-refractivity contribution is 5.03. The molecule has 1 N–H and O–H groups in total. The van der Waals surface area contributed by atoms with Gasteiger partial charge in [-0.25, -0.2) is 9.97 Å². The van der Waals surface area contributed by atoms with Gasteiger partial charge in [0.25, 0.3) is 0 Å². The fraction of sp³-hybridized carbons (Fsp3) is 0.733. The van der Waals surface area contributed by atoms with Crippen LogP contribution in [-0.4, -0.2) is 53.4 Å². The number of likely N-dealkylation sites (tertiary alicyclic amines) is 1. The van der Waals surface area contributed by atoms with Gasteiger partial charge in [0.15, 0.2) is 0 Å². The summed E-state index contributed by atoms with van der Waals surface area (Å²) >= 11 is 0. The maximum absolute atomic E-state index is 9.83. The molecular weight excluding hydrogens is 254 g/mol. The minimum Gasteiger partial charge on any atom is -0.396 e. The third kappa shape index (κ3) is 4.23. The number of aliphatic hydroxyl groups is 1. The zero-order chi connectivity index (χ0) is 14.3. The van der Waals surface area contributed by atoms with E-state index in [1.54, 1.807) is 13.4 Å². The lowest BCUT2D eigenvalue weighted by molar-refractivity contribution is 0.0158. The van der Waals surface area contributed by atoms with Crippen LogP contribution in [0.5, 0.6) is 0 Å². The Bertz CT molecular complexity index is 388. The highest BCUT2D eigenvalue weighted by atomic mass is 16.5. The number of hydrogen-bond acceptors (Lipinski definition) is 5. The molecule has 0 radical (unpaired) electrons. The number of aromatic nitrogens is 2. The summed E-state index contributed by atoms with van der Waals surface area (Å²) in [7, 11) is 1.73. The zero-order valence-corrected chi connectivity index (χ0v) is 12.3. The van der Waals surface area contributed by atoms with Crippen molar-refractivity contribution in [2.75, 3.05) is 33.4 Å². The van der Waals surface area contributed by atoms with Gasteiger partial charge in [0.05, 0.1) is 0 Å². The molecule has 1 fully saturated rings. The minimum absolute atomic E-state index is 0.0341. The maximum atomic E-state index is 9.83. The molecule has 0 bridgehead atoms. The monoisotopic (exact) mass is 279 g/mol. The van der Waals surface area contributed by atoms with Crippen LogP contribution in [0.3, 0.4) is 0 Å². The number of aliphatic hydroxyl groups excluding tert-OH is 1. The first-order chi connectivity index (χ1) is 9.78. The van der Waals surface area contributed by atoms with Crippen LogP contribution in [0.15, 0.2) is 18.7 Å². The van der Waals surface area contributed by atoms with E-state index in [0.29, 0.717) is 0 Å². The molecule has 5 heteroatoms. The van der Waals surface area contributed by atoms with Gasteiger partial charge in [0, 0.05) is 56.8 Å². The van der Waals surface area contributed by atoms with Crippen molar-refractivity contribution in [2.45, 2.75) is 32.2 Å². The normalized spacial score (nSPS) is 23.9. The molecule has 2 heterocycles. The molecule has 0 unspecified atom stereocenters. The summed E-state index contributed by atoms with van der Waals surface area (Å²) in [4.78, 5) is 10.5. The van der Waals surface area contributed by atoms with Crippen LogP contribution in [0.25, 0.3) is 0 Å². The van der Waals surface area contributed by atoms with Gasteiger partial charge in [0.2, 0.25) is 0 Å². The van der Waals surface area contributed by atoms with Crippen LogP contribution >= 0.6 is 0 Å². The van der Waals surface area contributed by atoms with E-state index in [0.717, 1.165) is 57.5 Å². The molecule has 112 valence electrons. The molecule has 1 aliphatic heterocycles. The molecular formula is C15H25N3O2. The Morgan fingerprint density at radius 1 is 1.40 bits per heavy atom. The minimum atomic E-state index is 0.0341. The Hall–Kier alpha value is -1.04. The van der Waals surface area contributed by atoms with Crippen molar-refractivity contribution in [2.24, 2.45) is 5.41 Å². The molecule has 0 aliphatic carbocycles. The molecule has 20 heavy (non-hydrogen) atoms.